The van der Waals surface area contributed by atoms with Gasteiger partial charge >= 0.3 is 0 Å². The molecule has 1 N–H and O–H groups in total. The average Bonchev–Trinajstić information content (AvgIpc) is 2.96. The molecule has 1 aromatic rings. The number of carbonyl (C=O) groups excluding carboxylic acids is 1. The molecule has 0 spiro atoms. The molecule has 0 saturated carbocycles. The van der Waals surface area contributed by atoms with Gasteiger partial charge in [0, 0.05) is 30.7 Å². The number of methoxy groups -OCH3 is 1. The maximum absolute atomic E-state index is 13.0. The summed E-state index contributed by atoms with van der Waals surface area (Å²) >= 11 is 6.40. The van der Waals surface area contributed by atoms with Crippen molar-refractivity contribution >= 4 is 17.5 Å². The van der Waals surface area contributed by atoms with Crippen molar-refractivity contribution in [2.75, 3.05) is 20.8 Å². The minimum atomic E-state index is -0.0214. The smallest absolute Gasteiger partial charge is 0.254 e. The molecule has 2 heterocycles. The highest BCUT2D eigenvalue weighted by atomic mass is 35.5. The molecule has 0 radical (unpaired) electrons. The van der Waals surface area contributed by atoms with E-state index in [4.69, 9.17) is 21.1 Å². The minimum absolute atomic E-state index is 0.0214. The summed E-state index contributed by atoms with van der Waals surface area (Å²) in [5, 5.41) is 4.03. The molecule has 6 heteroatoms. The Morgan fingerprint density at radius 3 is 2.54 bits per heavy atom. The summed E-state index contributed by atoms with van der Waals surface area (Å²) in [5.41, 5.74) is 0.539. The van der Waals surface area contributed by atoms with Gasteiger partial charge in [-0.1, -0.05) is 25.4 Å². The first-order valence-corrected chi connectivity index (χ1v) is 9.80. The molecule has 5 nitrogen and oxygen atoms in total. The quantitative estimate of drug-likeness (QED) is 0.816. The van der Waals surface area contributed by atoms with Crippen LogP contribution in [-0.2, 0) is 0 Å². The Labute approximate surface area is 161 Å². The summed E-state index contributed by atoms with van der Waals surface area (Å²) in [7, 11) is 3.46. The van der Waals surface area contributed by atoms with Crippen molar-refractivity contribution in [1.29, 1.82) is 0 Å². The number of piperidine rings is 1. The van der Waals surface area contributed by atoms with Crippen LogP contribution < -0.4 is 14.8 Å². The van der Waals surface area contributed by atoms with Gasteiger partial charge in [0.25, 0.3) is 5.91 Å². The fourth-order valence-electron chi connectivity index (χ4n) is 3.95. The van der Waals surface area contributed by atoms with Gasteiger partial charge in [0.2, 0.25) is 0 Å². The van der Waals surface area contributed by atoms with Gasteiger partial charge in [0.15, 0.2) is 11.5 Å². The third-order valence-corrected chi connectivity index (χ3v) is 5.63. The molecule has 2 saturated heterocycles. The van der Waals surface area contributed by atoms with Crippen LogP contribution in [0.15, 0.2) is 12.1 Å². The Bertz CT molecular complexity index is 653. The van der Waals surface area contributed by atoms with E-state index in [0.29, 0.717) is 46.7 Å². The van der Waals surface area contributed by atoms with E-state index in [-0.39, 0.29) is 11.9 Å². The number of amides is 1. The van der Waals surface area contributed by atoms with Gasteiger partial charge in [0.1, 0.15) is 0 Å². The fraction of sp³-hybridized carbons (Fsp3) is 0.650. The van der Waals surface area contributed by atoms with E-state index in [1.807, 2.05) is 11.9 Å². The van der Waals surface area contributed by atoms with Crippen LogP contribution in [0.3, 0.4) is 0 Å². The molecule has 2 fully saturated rings. The molecule has 2 bridgehead atoms. The minimum Gasteiger partial charge on any atom is -0.493 e. The second-order valence-electron chi connectivity index (χ2n) is 7.87. The Kier molecular flexibility index (Phi) is 5.98. The van der Waals surface area contributed by atoms with E-state index < -0.39 is 0 Å². The molecule has 144 valence electrons. The van der Waals surface area contributed by atoms with Gasteiger partial charge in [-0.2, -0.15) is 0 Å². The average molecular weight is 381 g/mol. The summed E-state index contributed by atoms with van der Waals surface area (Å²) in [6.45, 7) is 4.68. The van der Waals surface area contributed by atoms with Gasteiger partial charge in [-0.25, -0.2) is 0 Å². The Balaban J connectivity index is 1.77. The van der Waals surface area contributed by atoms with E-state index in [1.165, 1.54) is 12.8 Å². The predicted molar refractivity (Wildman–Crippen MR) is 103 cm³/mol. The van der Waals surface area contributed by atoms with Crippen molar-refractivity contribution in [2.45, 2.75) is 57.7 Å². The predicted octanol–water partition coefficient (Wildman–Crippen LogP) is 3.74. The summed E-state index contributed by atoms with van der Waals surface area (Å²) in [6.07, 6.45) is 4.45. The highest BCUT2D eigenvalue weighted by Crippen LogP contribution is 2.37. The number of benzene rings is 1. The Morgan fingerprint density at radius 2 is 1.96 bits per heavy atom. The van der Waals surface area contributed by atoms with Crippen LogP contribution in [0.5, 0.6) is 11.5 Å². The molecule has 2 aliphatic rings. The normalized spacial score (nSPS) is 24.6. The number of nitrogens with zero attached hydrogens (tertiary/aromatic N) is 1. The zero-order chi connectivity index (χ0) is 18.8. The summed E-state index contributed by atoms with van der Waals surface area (Å²) in [6, 6.07) is 4.77. The van der Waals surface area contributed by atoms with Gasteiger partial charge in [-0.3, -0.25) is 4.79 Å². The van der Waals surface area contributed by atoms with Gasteiger partial charge in [-0.15, -0.1) is 0 Å². The van der Waals surface area contributed by atoms with Crippen molar-refractivity contribution in [3.63, 3.8) is 0 Å². The highest BCUT2D eigenvalue weighted by molar-refractivity contribution is 6.32. The number of hydrogen-bond donors (Lipinski definition) is 1. The topological polar surface area (TPSA) is 50.8 Å². The lowest BCUT2D eigenvalue weighted by Gasteiger charge is -2.35. The maximum atomic E-state index is 13.0. The standard InChI is InChI=1S/C20H29ClN2O3/c1-12(2)11-26-19-17(21)7-13(8-18(19)25-4)20(24)23(3)16-9-14-5-6-15(10-16)22-14/h7-8,12,14-16,22H,5-6,9-11H2,1-4H3. The number of fused-ring (bicyclic) bond motifs is 2. The second-order valence-corrected chi connectivity index (χ2v) is 8.28. The molecular formula is C20H29ClN2O3. The number of rotatable bonds is 6. The van der Waals surface area contributed by atoms with Crippen molar-refractivity contribution in [2.24, 2.45) is 5.92 Å². The lowest BCUT2D eigenvalue weighted by Crippen LogP contribution is -2.48. The van der Waals surface area contributed by atoms with Crippen molar-refractivity contribution in [1.82, 2.24) is 10.2 Å². The van der Waals surface area contributed by atoms with Gasteiger partial charge in [0.05, 0.1) is 18.7 Å². The second kappa shape index (κ2) is 8.05. The van der Waals surface area contributed by atoms with Gasteiger partial charge < -0.3 is 19.7 Å². The first kappa shape index (κ1) is 19.3. The van der Waals surface area contributed by atoms with Crippen molar-refractivity contribution in [3.8, 4) is 11.5 Å². The van der Waals surface area contributed by atoms with Crippen molar-refractivity contribution in [3.05, 3.63) is 22.7 Å². The van der Waals surface area contributed by atoms with Crippen LogP contribution in [0.1, 0.15) is 49.9 Å². The SMILES string of the molecule is COc1cc(C(=O)N(C)C2CC3CCC(C2)N3)cc(Cl)c1OCC(C)C. The van der Waals surface area contributed by atoms with Crippen LogP contribution in [0.2, 0.25) is 5.02 Å². The number of nitrogens with one attached hydrogen (secondary N) is 1. The molecule has 0 aromatic heterocycles. The first-order chi connectivity index (χ1) is 12.4. The molecule has 2 atom stereocenters. The number of hydrogen-bond acceptors (Lipinski definition) is 4. The van der Waals surface area contributed by atoms with E-state index in [9.17, 15) is 4.79 Å². The van der Waals surface area contributed by atoms with Crippen LogP contribution in [0.25, 0.3) is 0 Å². The monoisotopic (exact) mass is 380 g/mol. The number of halogens is 1. The number of ether oxygens (including phenoxy) is 2. The fourth-order valence-corrected chi connectivity index (χ4v) is 4.21. The molecule has 2 aliphatic heterocycles. The summed E-state index contributed by atoms with van der Waals surface area (Å²) < 4.78 is 11.2. The Morgan fingerprint density at radius 1 is 1.31 bits per heavy atom. The zero-order valence-electron chi connectivity index (χ0n) is 16.0. The zero-order valence-corrected chi connectivity index (χ0v) is 16.8. The highest BCUT2D eigenvalue weighted by Gasteiger charge is 2.36. The van der Waals surface area contributed by atoms with E-state index in [0.717, 1.165) is 12.8 Å². The number of carbonyl (C=O) groups is 1. The molecule has 1 aromatic carbocycles. The van der Waals surface area contributed by atoms with E-state index >= 15 is 0 Å². The lowest BCUT2D eigenvalue weighted by atomic mass is 9.98. The van der Waals surface area contributed by atoms with Crippen LogP contribution in [-0.4, -0.2) is 49.7 Å². The molecule has 1 amide bonds. The van der Waals surface area contributed by atoms with Crippen LogP contribution >= 0.6 is 11.6 Å². The molecule has 26 heavy (non-hydrogen) atoms. The van der Waals surface area contributed by atoms with Gasteiger partial charge in [-0.05, 0) is 43.7 Å². The third kappa shape index (κ3) is 4.09. The molecule has 2 unspecified atom stereocenters. The molecule has 0 aliphatic carbocycles. The summed E-state index contributed by atoms with van der Waals surface area (Å²) in [5.74, 6) is 1.35. The molecular weight excluding hydrogens is 352 g/mol. The third-order valence-electron chi connectivity index (χ3n) is 5.35. The Hall–Kier alpha value is -1.46. The summed E-state index contributed by atoms with van der Waals surface area (Å²) in [4.78, 5) is 14.9. The van der Waals surface area contributed by atoms with E-state index in [2.05, 4.69) is 19.2 Å². The van der Waals surface area contributed by atoms with E-state index in [1.54, 1.807) is 19.2 Å². The van der Waals surface area contributed by atoms with Crippen LogP contribution in [0, 0.1) is 5.92 Å². The first-order valence-electron chi connectivity index (χ1n) is 9.42. The maximum Gasteiger partial charge on any atom is 0.254 e. The van der Waals surface area contributed by atoms with Crippen molar-refractivity contribution < 1.29 is 14.3 Å². The lowest BCUT2D eigenvalue weighted by molar-refractivity contribution is 0.0681. The largest absolute Gasteiger partial charge is 0.493 e. The van der Waals surface area contributed by atoms with Crippen LogP contribution in [0.4, 0.5) is 0 Å². The molecule has 3 rings (SSSR count).